The van der Waals surface area contributed by atoms with Crippen molar-refractivity contribution in [1.29, 1.82) is 0 Å². The molecule has 1 heterocycles. The van der Waals surface area contributed by atoms with Crippen molar-refractivity contribution >= 4 is 41.0 Å². The molecule has 0 aromatic heterocycles. The second-order valence-electron chi connectivity index (χ2n) is 6.66. The van der Waals surface area contributed by atoms with Gasteiger partial charge in [-0.1, -0.05) is 29.3 Å². The highest BCUT2D eigenvalue weighted by Gasteiger charge is 2.27. The van der Waals surface area contributed by atoms with Crippen LogP contribution in [0.15, 0.2) is 48.5 Å². The largest absolute Gasteiger partial charge is 0.497 e. The molecule has 0 atom stereocenters. The van der Waals surface area contributed by atoms with Gasteiger partial charge in [0.1, 0.15) is 5.75 Å². The van der Waals surface area contributed by atoms with E-state index in [4.69, 9.17) is 27.9 Å². The average Bonchev–Trinajstić information content (AvgIpc) is 2.73. The van der Waals surface area contributed by atoms with Gasteiger partial charge in [0.05, 0.1) is 7.11 Å². The van der Waals surface area contributed by atoms with Gasteiger partial charge < -0.3 is 9.64 Å². The number of rotatable bonds is 5. The molecule has 0 aliphatic carbocycles. The van der Waals surface area contributed by atoms with Crippen LogP contribution in [0.25, 0.3) is 6.08 Å². The van der Waals surface area contributed by atoms with Crippen molar-refractivity contribution in [1.82, 2.24) is 4.90 Å². The molecule has 3 rings (SSSR count). The molecule has 0 spiro atoms. The fourth-order valence-corrected chi connectivity index (χ4v) is 3.81. The minimum absolute atomic E-state index is 0.0700. The molecule has 0 unspecified atom stereocenters. The van der Waals surface area contributed by atoms with Crippen LogP contribution in [0.2, 0.25) is 10.0 Å². The molecular formula is C22H21Cl2NO3. The normalized spacial score (nSPS) is 15.0. The van der Waals surface area contributed by atoms with Gasteiger partial charge in [0.2, 0.25) is 5.91 Å². The van der Waals surface area contributed by atoms with E-state index >= 15 is 0 Å². The summed E-state index contributed by atoms with van der Waals surface area (Å²) in [4.78, 5) is 26.9. The molecule has 0 radical (unpaired) electrons. The van der Waals surface area contributed by atoms with Crippen LogP contribution in [0.5, 0.6) is 5.75 Å². The second kappa shape index (κ2) is 9.26. The van der Waals surface area contributed by atoms with Crippen molar-refractivity contribution < 1.29 is 14.3 Å². The number of ketones is 1. The zero-order valence-corrected chi connectivity index (χ0v) is 17.0. The van der Waals surface area contributed by atoms with Crippen molar-refractivity contribution in [3.05, 3.63) is 69.7 Å². The van der Waals surface area contributed by atoms with Crippen molar-refractivity contribution in [2.24, 2.45) is 5.92 Å². The number of Topliss-reactive ketones (excluding diaryl/α,β-unsaturated/α-hetero) is 1. The molecule has 1 amide bonds. The van der Waals surface area contributed by atoms with E-state index in [0.29, 0.717) is 47.1 Å². The van der Waals surface area contributed by atoms with E-state index < -0.39 is 0 Å². The summed E-state index contributed by atoms with van der Waals surface area (Å²) in [5.74, 6) is 0.668. The maximum atomic E-state index is 12.7. The predicted octanol–water partition coefficient (Wildman–Crippen LogP) is 5.14. The smallest absolute Gasteiger partial charge is 0.246 e. The third-order valence-corrected chi connectivity index (χ3v) is 5.60. The highest BCUT2D eigenvalue weighted by molar-refractivity contribution is 6.37. The molecule has 1 fully saturated rings. The lowest BCUT2D eigenvalue weighted by atomic mass is 9.89. The van der Waals surface area contributed by atoms with Crippen LogP contribution in [-0.4, -0.2) is 36.8 Å². The lowest BCUT2D eigenvalue weighted by molar-refractivity contribution is -0.127. The first-order valence-corrected chi connectivity index (χ1v) is 9.84. The SMILES string of the molecule is COc1ccc(C(=O)C2CCN(C(=O)/C=C/c3c(Cl)cccc3Cl)CC2)cc1. The number of carbonyl (C=O) groups is 2. The molecule has 0 bridgehead atoms. The van der Waals surface area contributed by atoms with Gasteiger partial charge in [0.25, 0.3) is 0 Å². The lowest BCUT2D eigenvalue weighted by Crippen LogP contribution is -2.39. The first kappa shape index (κ1) is 20.4. The van der Waals surface area contributed by atoms with Gasteiger partial charge in [-0.05, 0) is 55.3 Å². The Hall–Kier alpha value is -2.30. The van der Waals surface area contributed by atoms with E-state index in [0.717, 1.165) is 5.75 Å². The van der Waals surface area contributed by atoms with Gasteiger partial charge >= 0.3 is 0 Å². The number of hydrogen-bond donors (Lipinski definition) is 0. The third-order valence-electron chi connectivity index (χ3n) is 4.94. The highest BCUT2D eigenvalue weighted by Crippen LogP contribution is 2.26. The number of carbonyl (C=O) groups excluding carboxylic acids is 2. The number of likely N-dealkylation sites (tertiary alicyclic amines) is 1. The number of ether oxygens (including phenoxy) is 1. The molecular weight excluding hydrogens is 397 g/mol. The number of nitrogens with zero attached hydrogens (tertiary/aromatic N) is 1. The number of halogens is 2. The number of hydrogen-bond acceptors (Lipinski definition) is 3. The summed E-state index contributed by atoms with van der Waals surface area (Å²) < 4.78 is 5.13. The molecule has 6 heteroatoms. The van der Waals surface area contributed by atoms with E-state index in [1.807, 2.05) is 0 Å². The van der Waals surface area contributed by atoms with Gasteiger partial charge in [-0.25, -0.2) is 0 Å². The van der Waals surface area contributed by atoms with Crippen LogP contribution < -0.4 is 4.74 Å². The molecule has 4 nitrogen and oxygen atoms in total. The first-order valence-electron chi connectivity index (χ1n) is 9.09. The zero-order valence-electron chi connectivity index (χ0n) is 15.5. The predicted molar refractivity (Wildman–Crippen MR) is 112 cm³/mol. The van der Waals surface area contributed by atoms with Crippen LogP contribution in [0.4, 0.5) is 0 Å². The van der Waals surface area contributed by atoms with Crippen LogP contribution in [0.1, 0.15) is 28.8 Å². The second-order valence-corrected chi connectivity index (χ2v) is 7.48. The van der Waals surface area contributed by atoms with E-state index in [-0.39, 0.29) is 17.6 Å². The fraction of sp³-hybridized carbons (Fsp3) is 0.273. The standard InChI is InChI=1S/C22H21Cl2NO3/c1-28-17-7-5-15(6-8-17)22(27)16-11-13-25(14-12-16)21(26)10-9-18-19(23)3-2-4-20(18)24/h2-10,16H,11-14H2,1H3/b10-9+. The van der Waals surface area contributed by atoms with Crippen molar-refractivity contribution in [3.8, 4) is 5.75 Å². The summed E-state index contributed by atoms with van der Waals surface area (Å²) in [7, 11) is 1.59. The Morgan fingerprint density at radius 3 is 2.21 bits per heavy atom. The monoisotopic (exact) mass is 417 g/mol. The van der Waals surface area contributed by atoms with Crippen LogP contribution in [0.3, 0.4) is 0 Å². The molecule has 0 saturated carbocycles. The summed E-state index contributed by atoms with van der Waals surface area (Å²) in [5, 5.41) is 1.00. The zero-order chi connectivity index (χ0) is 20.1. The summed E-state index contributed by atoms with van der Waals surface area (Å²) in [6, 6.07) is 12.4. The first-order chi connectivity index (χ1) is 13.5. The van der Waals surface area contributed by atoms with Gasteiger partial charge in [0.15, 0.2) is 5.78 Å². The van der Waals surface area contributed by atoms with Crippen molar-refractivity contribution in [2.45, 2.75) is 12.8 Å². The molecule has 1 aliphatic heterocycles. The number of piperidine rings is 1. The topological polar surface area (TPSA) is 46.6 Å². The highest BCUT2D eigenvalue weighted by atomic mass is 35.5. The molecule has 1 aliphatic rings. The van der Waals surface area contributed by atoms with Crippen molar-refractivity contribution in [3.63, 3.8) is 0 Å². The average molecular weight is 418 g/mol. The van der Waals surface area contributed by atoms with E-state index in [2.05, 4.69) is 0 Å². The Bertz CT molecular complexity index is 865. The number of methoxy groups -OCH3 is 1. The molecule has 0 N–H and O–H groups in total. The minimum atomic E-state index is -0.105. The van der Waals surface area contributed by atoms with Gasteiger partial charge in [-0.3, -0.25) is 9.59 Å². The summed E-state index contributed by atoms with van der Waals surface area (Å²) >= 11 is 12.2. The van der Waals surface area contributed by atoms with E-state index in [1.165, 1.54) is 6.08 Å². The number of benzene rings is 2. The van der Waals surface area contributed by atoms with Crippen LogP contribution in [-0.2, 0) is 4.79 Å². The van der Waals surface area contributed by atoms with Crippen LogP contribution in [0, 0.1) is 5.92 Å². The van der Waals surface area contributed by atoms with Gasteiger partial charge in [-0.15, -0.1) is 0 Å². The van der Waals surface area contributed by atoms with Gasteiger partial charge in [-0.2, -0.15) is 0 Å². The molecule has 1 saturated heterocycles. The van der Waals surface area contributed by atoms with Gasteiger partial charge in [0, 0.05) is 46.3 Å². The minimum Gasteiger partial charge on any atom is -0.497 e. The van der Waals surface area contributed by atoms with E-state index in [1.54, 1.807) is 60.6 Å². The Balaban J connectivity index is 1.57. The number of amides is 1. The Labute approximate surface area is 174 Å². The maximum Gasteiger partial charge on any atom is 0.246 e. The van der Waals surface area contributed by atoms with Crippen molar-refractivity contribution in [2.75, 3.05) is 20.2 Å². The van der Waals surface area contributed by atoms with E-state index in [9.17, 15) is 9.59 Å². The Morgan fingerprint density at radius 2 is 1.64 bits per heavy atom. The fourth-order valence-electron chi connectivity index (χ4n) is 3.28. The third kappa shape index (κ3) is 4.75. The molecule has 2 aromatic carbocycles. The molecule has 146 valence electrons. The Kier molecular flexibility index (Phi) is 6.76. The summed E-state index contributed by atoms with van der Waals surface area (Å²) in [5.41, 5.74) is 1.31. The van der Waals surface area contributed by atoms with Crippen LogP contribution >= 0.6 is 23.2 Å². The summed E-state index contributed by atoms with van der Waals surface area (Å²) in [6.45, 7) is 1.10. The molecule has 2 aromatic rings. The molecule has 28 heavy (non-hydrogen) atoms. The quantitative estimate of drug-likeness (QED) is 0.499. The summed E-state index contributed by atoms with van der Waals surface area (Å²) in [6.07, 6.45) is 4.43. The maximum absolute atomic E-state index is 12.7. The Morgan fingerprint density at radius 1 is 1.04 bits per heavy atom. The lowest BCUT2D eigenvalue weighted by Gasteiger charge is -2.30.